The van der Waals surface area contributed by atoms with Gasteiger partial charge in [-0.05, 0) is 112 Å². The summed E-state index contributed by atoms with van der Waals surface area (Å²) in [5.74, 6) is 4.19. The molecule has 6 heterocycles. The Morgan fingerprint density at radius 1 is 0.282 bits per heavy atom. The zero-order chi connectivity index (χ0) is 100. The Labute approximate surface area is 831 Å². The Morgan fingerprint density at radius 2 is 0.549 bits per heavy atom. The van der Waals surface area contributed by atoms with E-state index in [1.807, 2.05) is 412 Å². The average molecular weight is 1890 g/mol. The van der Waals surface area contributed by atoms with Crippen molar-refractivity contribution in [1.82, 2.24) is 89.2 Å². The zero-order valence-corrected chi connectivity index (χ0v) is 82.7. The lowest BCUT2D eigenvalue weighted by Crippen LogP contribution is -2.44. The van der Waals surface area contributed by atoms with Crippen molar-refractivity contribution in [3.63, 3.8) is 0 Å². The SMILES string of the molecule is C.CC(C)N(C(=O)Cc1nc(-c2ccccc2)nc2ccccc12)C(C)C.CCN(CC)C(=O)C(C)(C)c1nc(-c2ccccc2)nc2ccccc12.CCN(CC)C(=O)Cc1nc(-c2ccccc2)nc2ccccc12.CN(C)C(=O)Cc1nc(-c2ccccc2)nc2ccccc12.CN(C)C(=O)Oc1nc(-c2ccccc2)nc2ccccc12.CN(C)C(=O)c1nc(-c2ccccc2)nc2ccccc12. The Balaban J connectivity index is 0.000000152. The van der Waals surface area contributed by atoms with Crippen LogP contribution in [0.4, 0.5) is 4.79 Å². The van der Waals surface area contributed by atoms with Crippen LogP contribution in [0.1, 0.15) is 110 Å². The number of rotatable bonds is 22. The van der Waals surface area contributed by atoms with E-state index in [-0.39, 0.29) is 67.8 Å². The molecule has 0 fully saturated rings. The van der Waals surface area contributed by atoms with Gasteiger partial charge in [-0.25, -0.2) is 59.6 Å². The molecule has 0 atom stereocenters. The Bertz CT molecular complexity index is 7190. The van der Waals surface area contributed by atoms with E-state index in [9.17, 15) is 28.8 Å². The Morgan fingerprint density at radius 3 is 0.873 bits per heavy atom. The van der Waals surface area contributed by atoms with Crippen LogP contribution in [0.15, 0.2) is 328 Å². The van der Waals surface area contributed by atoms with Crippen LogP contribution in [0.5, 0.6) is 5.88 Å². The summed E-state index contributed by atoms with van der Waals surface area (Å²) >= 11 is 0. The van der Waals surface area contributed by atoms with Gasteiger partial charge in [0.25, 0.3) is 5.91 Å². The normalized spacial score (nSPS) is 10.8. The predicted octanol–water partition coefficient (Wildman–Crippen LogP) is 22.6. The van der Waals surface area contributed by atoms with Crippen molar-refractivity contribution in [1.29, 1.82) is 0 Å². The molecule has 722 valence electrons. The molecular formula is C117H122N18O7. The molecule has 6 aromatic heterocycles. The molecule has 0 aliphatic carbocycles. The molecule has 12 aromatic carbocycles. The maximum absolute atomic E-state index is 13.2. The lowest BCUT2D eigenvalue weighted by molar-refractivity contribution is -0.136. The topological polar surface area (TPSA) is 286 Å². The summed E-state index contributed by atoms with van der Waals surface area (Å²) in [6.45, 7) is 22.9. The van der Waals surface area contributed by atoms with Crippen molar-refractivity contribution in [2.24, 2.45) is 0 Å². The number of fused-ring (bicyclic) bond motifs is 6. The summed E-state index contributed by atoms with van der Waals surface area (Å²) < 4.78 is 5.39. The number of carbonyl (C=O) groups is 6. The number of para-hydroxylation sites is 6. The summed E-state index contributed by atoms with van der Waals surface area (Å²) in [6.07, 6.45) is 0.377. The van der Waals surface area contributed by atoms with Gasteiger partial charge >= 0.3 is 6.09 Å². The highest BCUT2D eigenvalue weighted by molar-refractivity contribution is 6.05. The van der Waals surface area contributed by atoms with Gasteiger partial charge in [-0.3, -0.25) is 24.0 Å². The van der Waals surface area contributed by atoms with E-state index >= 15 is 0 Å². The molecule has 0 aliphatic rings. The van der Waals surface area contributed by atoms with Crippen molar-refractivity contribution >= 4 is 101 Å². The van der Waals surface area contributed by atoms with E-state index in [2.05, 4.69) is 34.9 Å². The van der Waals surface area contributed by atoms with Crippen LogP contribution in [0.3, 0.4) is 0 Å². The third kappa shape index (κ3) is 26.2. The second-order valence-electron chi connectivity index (χ2n) is 34.9. The number of nitrogens with zero attached hydrogens (tertiary/aromatic N) is 18. The molecule has 0 unspecified atom stereocenters. The van der Waals surface area contributed by atoms with Gasteiger partial charge in [0.05, 0.1) is 85.9 Å². The molecule has 0 saturated heterocycles. The Hall–Kier alpha value is -16.7. The van der Waals surface area contributed by atoms with Crippen LogP contribution in [0, 0.1) is 0 Å². The molecule has 0 radical (unpaired) electrons. The number of hydrogen-bond donors (Lipinski definition) is 0. The molecule has 142 heavy (non-hydrogen) atoms. The van der Waals surface area contributed by atoms with E-state index in [4.69, 9.17) is 29.7 Å². The lowest BCUT2D eigenvalue weighted by Gasteiger charge is -2.31. The second-order valence-corrected chi connectivity index (χ2v) is 34.9. The van der Waals surface area contributed by atoms with Crippen LogP contribution in [-0.2, 0) is 43.9 Å². The number of aromatic nitrogens is 12. The van der Waals surface area contributed by atoms with Crippen LogP contribution in [-0.4, -0.2) is 205 Å². The molecule has 0 bridgehead atoms. The summed E-state index contributed by atoms with van der Waals surface area (Å²) in [5, 5.41) is 5.22. The smallest absolute Gasteiger partial charge is 0.390 e. The van der Waals surface area contributed by atoms with Gasteiger partial charge in [-0.1, -0.05) is 293 Å². The van der Waals surface area contributed by atoms with Crippen LogP contribution >= 0.6 is 0 Å². The summed E-state index contributed by atoms with van der Waals surface area (Å²) in [6, 6.07) is 106. The fourth-order valence-electron chi connectivity index (χ4n) is 16.0. The quantitative estimate of drug-likeness (QED) is 0.0609. The van der Waals surface area contributed by atoms with Gasteiger partial charge < -0.3 is 34.1 Å². The molecule has 0 aliphatic heterocycles. The van der Waals surface area contributed by atoms with E-state index in [1.165, 1.54) is 9.80 Å². The molecule has 25 heteroatoms. The highest BCUT2D eigenvalue weighted by atomic mass is 16.6. The van der Waals surface area contributed by atoms with Crippen LogP contribution < -0.4 is 4.74 Å². The summed E-state index contributed by atoms with van der Waals surface area (Å²) in [5.41, 5.74) is 13.4. The van der Waals surface area contributed by atoms with E-state index in [1.54, 1.807) is 47.2 Å². The minimum atomic E-state index is -0.738. The monoisotopic (exact) mass is 1890 g/mol. The molecule has 0 N–H and O–H groups in total. The van der Waals surface area contributed by atoms with Crippen molar-refractivity contribution in [2.75, 3.05) is 68.5 Å². The average Bonchev–Trinajstić information content (AvgIpc) is 0.769. The van der Waals surface area contributed by atoms with Gasteiger partial charge in [0, 0.05) is 141 Å². The van der Waals surface area contributed by atoms with Crippen molar-refractivity contribution in [2.45, 2.75) is 113 Å². The fraction of sp³-hybridized carbons (Fsp3) is 0.231. The largest absolute Gasteiger partial charge is 0.416 e. The van der Waals surface area contributed by atoms with Crippen molar-refractivity contribution in [3.8, 4) is 74.2 Å². The zero-order valence-electron chi connectivity index (χ0n) is 82.7. The molecule has 0 spiro atoms. The first kappa shape index (κ1) is 104. The predicted molar refractivity (Wildman–Crippen MR) is 570 cm³/mol. The fourth-order valence-corrected chi connectivity index (χ4v) is 16.0. The maximum atomic E-state index is 13.2. The number of carbonyl (C=O) groups excluding carboxylic acids is 6. The first-order chi connectivity index (χ1) is 68.1. The van der Waals surface area contributed by atoms with E-state index in [0.717, 1.165) is 116 Å². The van der Waals surface area contributed by atoms with Gasteiger partial charge in [0.2, 0.25) is 29.5 Å². The molecule has 18 rings (SSSR count). The molecule has 25 nitrogen and oxygen atoms in total. The number of amides is 6. The van der Waals surface area contributed by atoms with Gasteiger partial charge in [0.15, 0.2) is 34.9 Å². The van der Waals surface area contributed by atoms with Gasteiger partial charge in [0.1, 0.15) is 5.69 Å². The summed E-state index contributed by atoms with van der Waals surface area (Å²) in [4.78, 5) is 141. The number of likely N-dealkylation sites (N-methyl/N-ethyl adjacent to an activating group) is 3. The van der Waals surface area contributed by atoms with E-state index in [0.29, 0.717) is 78.6 Å². The highest BCUT2D eigenvalue weighted by Crippen LogP contribution is 2.35. The molecule has 0 saturated carbocycles. The minimum Gasteiger partial charge on any atom is -0.390 e. The van der Waals surface area contributed by atoms with Gasteiger partial charge in [-0.15, -0.1) is 0 Å². The first-order valence-corrected chi connectivity index (χ1v) is 47.2. The number of ether oxygens (including phenoxy) is 1. The maximum Gasteiger partial charge on any atom is 0.416 e. The minimum absolute atomic E-state index is 0. The summed E-state index contributed by atoms with van der Waals surface area (Å²) in [7, 11) is 10.2. The first-order valence-electron chi connectivity index (χ1n) is 47.2. The molecular weight excluding hydrogens is 1770 g/mol. The number of hydrogen-bond acceptors (Lipinski definition) is 19. The second kappa shape index (κ2) is 49.5. The van der Waals surface area contributed by atoms with Gasteiger partial charge in [-0.2, -0.15) is 4.98 Å². The molecule has 6 amide bonds. The number of benzene rings is 12. The highest BCUT2D eigenvalue weighted by Gasteiger charge is 2.37. The third-order valence-electron chi connectivity index (χ3n) is 23.3. The van der Waals surface area contributed by atoms with Crippen molar-refractivity contribution < 1.29 is 33.5 Å². The van der Waals surface area contributed by atoms with Crippen molar-refractivity contribution in [3.05, 3.63) is 356 Å². The third-order valence-corrected chi connectivity index (χ3v) is 23.3. The van der Waals surface area contributed by atoms with E-state index < -0.39 is 11.5 Å². The lowest BCUT2D eigenvalue weighted by atomic mass is 9.84. The standard InChI is InChI=1S/2C22H25N3O.C20H21N3O.C18H17N3O.C17H15N3O2.C17H15N3O.CH4/c1-15(2)25(16(3)4)21(26)14-20-18-12-8-9-13-19(18)23-22(24-20)17-10-6-5-7-11-17;1-5-25(6-2)21(26)22(3,4)19-17-14-10-11-15-18(17)23-20(24-19)16-12-8-7-9-13-16;1-3-23(4-2)19(24)14-18-16-12-8-9-13-17(16)21-20(22-18)15-10-6-5-7-11-15;1-21(2)17(22)12-16-14-10-6-7-11-15(14)19-18(20-16)13-8-4-3-5-9-13;1-20(2)17(21)22-16-13-10-6-7-11-14(13)18-15(19-16)12-8-4-3-5-9-12;1-20(2)17(21)15-13-10-6-7-11-14(13)18-16(19-15)12-8-4-3-5-9-12;/h5-13,15-16H,14H2,1-4H3;7-15H,5-6H2,1-4H3;5-13H,3-4,14H2,1-2H3;3-11H,12H2,1-2H3;3-11H,1-2H3;3-11H,1-2H3;1H4. The van der Waals surface area contributed by atoms with Crippen LogP contribution in [0.2, 0.25) is 0 Å². The van der Waals surface area contributed by atoms with Crippen LogP contribution in [0.25, 0.3) is 134 Å². The molecule has 18 aromatic rings. The Kier molecular flexibility index (Phi) is 36.4.